The number of H-pyrrole nitrogens is 1. The summed E-state index contributed by atoms with van der Waals surface area (Å²) in [5.74, 6) is 0.759. The molecule has 0 bridgehead atoms. The highest BCUT2D eigenvalue weighted by molar-refractivity contribution is 5.94. The number of aromatic nitrogens is 4. The van der Waals surface area contributed by atoms with Crippen molar-refractivity contribution in [1.29, 1.82) is 0 Å². The summed E-state index contributed by atoms with van der Waals surface area (Å²) in [6.45, 7) is 6.24. The Kier molecular flexibility index (Phi) is 4.49. The number of rotatable bonds is 4. The first-order valence-corrected chi connectivity index (χ1v) is 10.5. The lowest BCUT2D eigenvalue weighted by Gasteiger charge is -2.21. The maximum Gasteiger partial charge on any atom is 0.253 e. The lowest BCUT2D eigenvalue weighted by Crippen LogP contribution is -2.33. The highest BCUT2D eigenvalue weighted by Crippen LogP contribution is 2.41. The SMILES string of the molecule is Cc1cc(C)n(Cc2cccc(C(=O)N3CCc4[nH]nc(C5CC5)c4CC3)c2)n1. The standard InChI is InChI=1S/C23H27N5O/c1-15-12-16(2)28(26-15)14-17-4-3-5-19(13-17)23(29)27-10-8-20-21(9-11-27)24-25-22(20)18-6-7-18/h3-5,12-13,18H,6-11,14H2,1-2H3,(H,24,25). The van der Waals surface area contributed by atoms with Gasteiger partial charge in [-0.25, -0.2) is 0 Å². The van der Waals surface area contributed by atoms with Gasteiger partial charge in [0.2, 0.25) is 0 Å². The van der Waals surface area contributed by atoms with Gasteiger partial charge in [0.05, 0.1) is 17.9 Å². The predicted molar refractivity (Wildman–Crippen MR) is 111 cm³/mol. The van der Waals surface area contributed by atoms with Crippen LogP contribution >= 0.6 is 0 Å². The first-order chi connectivity index (χ1) is 14.1. The summed E-state index contributed by atoms with van der Waals surface area (Å²) in [7, 11) is 0. The topological polar surface area (TPSA) is 66.8 Å². The van der Waals surface area contributed by atoms with Gasteiger partial charge in [0, 0.05) is 42.4 Å². The van der Waals surface area contributed by atoms with Crippen LogP contribution in [-0.4, -0.2) is 43.9 Å². The van der Waals surface area contributed by atoms with Crippen molar-refractivity contribution in [3.8, 4) is 0 Å². The normalized spacial score (nSPS) is 16.6. The van der Waals surface area contributed by atoms with Crippen molar-refractivity contribution >= 4 is 5.91 Å². The third-order valence-electron chi connectivity index (χ3n) is 6.11. The molecule has 1 N–H and O–H groups in total. The van der Waals surface area contributed by atoms with E-state index < -0.39 is 0 Å². The molecule has 3 heterocycles. The van der Waals surface area contributed by atoms with E-state index in [4.69, 9.17) is 0 Å². The molecule has 1 aliphatic carbocycles. The number of aromatic amines is 1. The van der Waals surface area contributed by atoms with Crippen molar-refractivity contribution in [2.75, 3.05) is 13.1 Å². The molecular formula is C23H27N5O. The van der Waals surface area contributed by atoms with Crippen LogP contribution in [0.3, 0.4) is 0 Å². The van der Waals surface area contributed by atoms with Gasteiger partial charge in [-0.1, -0.05) is 12.1 Å². The van der Waals surface area contributed by atoms with Gasteiger partial charge >= 0.3 is 0 Å². The molecule has 0 unspecified atom stereocenters. The van der Waals surface area contributed by atoms with Crippen LogP contribution in [0.15, 0.2) is 30.3 Å². The Bertz CT molecular complexity index is 1060. The van der Waals surface area contributed by atoms with E-state index >= 15 is 0 Å². The van der Waals surface area contributed by atoms with Crippen LogP contribution in [-0.2, 0) is 19.4 Å². The van der Waals surface area contributed by atoms with Crippen LogP contribution in [0.4, 0.5) is 0 Å². The van der Waals surface area contributed by atoms with E-state index in [0.29, 0.717) is 12.5 Å². The molecule has 1 aromatic carbocycles. The number of nitrogens with zero attached hydrogens (tertiary/aromatic N) is 4. The lowest BCUT2D eigenvalue weighted by atomic mass is 10.1. The zero-order valence-corrected chi connectivity index (χ0v) is 17.1. The van der Waals surface area contributed by atoms with Crippen LogP contribution in [0.1, 0.15) is 63.0 Å². The van der Waals surface area contributed by atoms with Gasteiger partial charge in [0.1, 0.15) is 0 Å². The van der Waals surface area contributed by atoms with Crippen LogP contribution in [0.5, 0.6) is 0 Å². The molecule has 0 saturated heterocycles. The van der Waals surface area contributed by atoms with E-state index in [0.717, 1.165) is 48.4 Å². The molecule has 29 heavy (non-hydrogen) atoms. The summed E-state index contributed by atoms with van der Waals surface area (Å²) >= 11 is 0. The largest absolute Gasteiger partial charge is 0.338 e. The van der Waals surface area contributed by atoms with E-state index in [1.165, 1.54) is 29.8 Å². The minimum absolute atomic E-state index is 0.117. The number of fused-ring (bicyclic) bond motifs is 1. The molecule has 3 aromatic rings. The number of nitrogens with one attached hydrogen (secondary N) is 1. The summed E-state index contributed by atoms with van der Waals surface area (Å²) in [4.78, 5) is 15.2. The minimum atomic E-state index is 0.117. The van der Waals surface area contributed by atoms with Crippen molar-refractivity contribution in [1.82, 2.24) is 24.9 Å². The van der Waals surface area contributed by atoms with Crippen LogP contribution in [0, 0.1) is 13.8 Å². The fourth-order valence-corrected chi connectivity index (χ4v) is 4.40. The van der Waals surface area contributed by atoms with Crippen molar-refractivity contribution < 1.29 is 4.79 Å². The van der Waals surface area contributed by atoms with Gasteiger partial charge in [-0.3, -0.25) is 14.6 Å². The van der Waals surface area contributed by atoms with Gasteiger partial charge in [0.15, 0.2) is 0 Å². The van der Waals surface area contributed by atoms with Crippen LogP contribution < -0.4 is 0 Å². The van der Waals surface area contributed by atoms with E-state index in [9.17, 15) is 4.79 Å². The second kappa shape index (κ2) is 7.17. The summed E-state index contributed by atoms with van der Waals surface area (Å²) in [6, 6.07) is 10.1. The Hall–Kier alpha value is -2.89. The molecule has 1 saturated carbocycles. The average Bonchev–Trinajstić information content (AvgIpc) is 3.45. The summed E-state index contributed by atoms with van der Waals surface area (Å²) in [5, 5.41) is 12.3. The lowest BCUT2D eigenvalue weighted by molar-refractivity contribution is 0.0762. The Morgan fingerprint density at radius 3 is 2.76 bits per heavy atom. The van der Waals surface area contributed by atoms with Gasteiger partial charge in [-0.15, -0.1) is 0 Å². The van der Waals surface area contributed by atoms with Gasteiger partial charge in [0.25, 0.3) is 5.91 Å². The molecule has 1 fully saturated rings. The number of hydrogen-bond acceptors (Lipinski definition) is 3. The first kappa shape index (κ1) is 18.2. The Labute approximate surface area is 170 Å². The second-order valence-electron chi connectivity index (χ2n) is 8.42. The molecule has 0 radical (unpaired) electrons. The molecule has 0 spiro atoms. The summed E-state index contributed by atoms with van der Waals surface area (Å²) < 4.78 is 1.99. The van der Waals surface area contributed by atoms with E-state index in [-0.39, 0.29) is 5.91 Å². The molecule has 1 aliphatic heterocycles. The molecular weight excluding hydrogens is 362 g/mol. The molecule has 6 heteroatoms. The Morgan fingerprint density at radius 2 is 2.00 bits per heavy atom. The molecule has 1 amide bonds. The summed E-state index contributed by atoms with van der Waals surface area (Å²) in [6.07, 6.45) is 4.26. The first-order valence-electron chi connectivity index (χ1n) is 10.5. The average molecular weight is 390 g/mol. The van der Waals surface area contributed by atoms with Crippen molar-refractivity contribution in [3.05, 3.63) is 69.8 Å². The number of benzene rings is 1. The number of hydrogen-bond donors (Lipinski definition) is 1. The van der Waals surface area contributed by atoms with Gasteiger partial charge in [-0.05, 0) is 62.4 Å². The molecule has 6 nitrogen and oxygen atoms in total. The fraction of sp³-hybridized carbons (Fsp3) is 0.435. The zero-order valence-electron chi connectivity index (χ0n) is 17.1. The Balaban J connectivity index is 1.31. The van der Waals surface area contributed by atoms with E-state index in [1.807, 2.05) is 34.7 Å². The maximum atomic E-state index is 13.2. The second-order valence-corrected chi connectivity index (χ2v) is 8.42. The molecule has 5 rings (SSSR count). The predicted octanol–water partition coefficient (Wildman–Crippen LogP) is 3.39. The van der Waals surface area contributed by atoms with Crippen molar-refractivity contribution in [3.63, 3.8) is 0 Å². The minimum Gasteiger partial charge on any atom is -0.338 e. The number of aryl methyl sites for hydroxylation is 2. The third kappa shape index (κ3) is 3.59. The van der Waals surface area contributed by atoms with Crippen LogP contribution in [0.2, 0.25) is 0 Å². The van der Waals surface area contributed by atoms with Gasteiger partial charge < -0.3 is 4.90 Å². The van der Waals surface area contributed by atoms with Crippen molar-refractivity contribution in [2.24, 2.45) is 0 Å². The maximum absolute atomic E-state index is 13.2. The summed E-state index contributed by atoms with van der Waals surface area (Å²) in [5.41, 5.74) is 7.84. The van der Waals surface area contributed by atoms with Crippen LogP contribution in [0.25, 0.3) is 0 Å². The van der Waals surface area contributed by atoms with E-state index in [2.05, 4.69) is 34.4 Å². The smallest absolute Gasteiger partial charge is 0.253 e. The fourth-order valence-electron chi connectivity index (χ4n) is 4.40. The molecule has 150 valence electrons. The number of carbonyl (C=O) groups excluding carboxylic acids is 1. The Morgan fingerprint density at radius 1 is 1.17 bits per heavy atom. The highest BCUT2D eigenvalue weighted by Gasteiger charge is 2.31. The number of amides is 1. The monoisotopic (exact) mass is 389 g/mol. The number of carbonyl (C=O) groups is 1. The highest BCUT2D eigenvalue weighted by atomic mass is 16.2. The third-order valence-corrected chi connectivity index (χ3v) is 6.11. The van der Waals surface area contributed by atoms with E-state index in [1.54, 1.807) is 0 Å². The quantitative estimate of drug-likeness (QED) is 0.744. The van der Waals surface area contributed by atoms with Gasteiger partial charge in [-0.2, -0.15) is 10.2 Å². The molecule has 0 atom stereocenters. The zero-order chi connectivity index (χ0) is 20.0. The molecule has 2 aliphatic rings. The molecule has 2 aromatic heterocycles. The van der Waals surface area contributed by atoms with Crippen molar-refractivity contribution in [2.45, 2.75) is 52.0 Å².